The maximum atomic E-state index is 5.91. The highest BCUT2D eigenvalue weighted by Crippen LogP contribution is 2.21. The lowest BCUT2D eigenvalue weighted by molar-refractivity contribution is 0.148. The molecule has 2 aromatic carbocycles. The molecule has 1 unspecified atom stereocenters. The van der Waals surface area contributed by atoms with Crippen LogP contribution in [-0.2, 0) is 0 Å². The lowest BCUT2D eigenvalue weighted by atomic mass is 10.0. The zero-order chi connectivity index (χ0) is 14.5. The second kappa shape index (κ2) is 6.95. The van der Waals surface area contributed by atoms with Gasteiger partial charge in [0.1, 0.15) is 5.75 Å². The van der Waals surface area contributed by atoms with E-state index in [0.717, 1.165) is 31.4 Å². The van der Waals surface area contributed by atoms with E-state index < -0.39 is 0 Å². The molecular weight excluding hydrogens is 258 g/mol. The molecule has 0 spiro atoms. The molecule has 2 nitrogen and oxygen atoms in total. The van der Waals surface area contributed by atoms with Gasteiger partial charge in [0.25, 0.3) is 0 Å². The highest BCUT2D eigenvalue weighted by Gasteiger charge is 2.17. The Hall–Kier alpha value is -1.54. The van der Waals surface area contributed by atoms with Gasteiger partial charge in [0, 0.05) is 12.6 Å². The quantitative estimate of drug-likeness (QED) is 0.750. The first kappa shape index (κ1) is 14.4. The first-order valence-electron chi connectivity index (χ1n) is 8.18. The van der Waals surface area contributed by atoms with Crippen molar-refractivity contribution in [3.8, 4) is 5.75 Å². The molecule has 0 saturated carbocycles. The SMILES string of the molecule is CC1CCCCN1CCCOc1ccc2ccccc2c1. The van der Waals surface area contributed by atoms with Crippen molar-refractivity contribution >= 4 is 10.8 Å². The van der Waals surface area contributed by atoms with Crippen LogP contribution in [0.5, 0.6) is 5.75 Å². The second-order valence-corrected chi connectivity index (χ2v) is 6.09. The number of fused-ring (bicyclic) bond motifs is 1. The van der Waals surface area contributed by atoms with Crippen molar-refractivity contribution in [2.45, 2.75) is 38.6 Å². The van der Waals surface area contributed by atoms with E-state index in [4.69, 9.17) is 4.74 Å². The molecule has 2 aromatic rings. The molecule has 1 atom stereocenters. The molecule has 0 aliphatic carbocycles. The standard InChI is InChI=1S/C19H25NO/c1-16-7-4-5-12-20(16)13-6-14-21-19-11-10-17-8-2-3-9-18(17)15-19/h2-3,8-11,15-16H,4-7,12-14H2,1H3. The van der Waals surface area contributed by atoms with Crippen molar-refractivity contribution < 1.29 is 4.74 Å². The lowest BCUT2D eigenvalue weighted by Crippen LogP contribution is -2.38. The highest BCUT2D eigenvalue weighted by molar-refractivity contribution is 5.83. The van der Waals surface area contributed by atoms with E-state index in [2.05, 4.69) is 54.3 Å². The Labute approximate surface area is 127 Å². The number of likely N-dealkylation sites (tertiary alicyclic amines) is 1. The van der Waals surface area contributed by atoms with Crippen LogP contribution >= 0.6 is 0 Å². The van der Waals surface area contributed by atoms with Crippen LogP contribution in [0.25, 0.3) is 10.8 Å². The number of benzene rings is 2. The van der Waals surface area contributed by atoms with Gasteiger partial charge in [-0.15, -0.1) is 0 Å². The molecule has 0 aromatic heterocycles. The Bertz CT molecular complexity index is 581. The molecule has 0 amide bonds. The highest BCUT2D eigenvalue weighted by atomic mass is 16.5. The van der Waals surface area contributed by atoms with Crippen LogP contribution < -0.4 is 4.74 Å². The van der Waals surface area contributed by atoms with Crippen molar-refractivity contribution in [2.75, 3.05) is 19.7 Å². The average Bonchev–Trinajstić information content (AvgIpc) is 2.53. The third-order valence-corrected chi connectivity index (χ3v) is 4.52. The maximum absolute atomic E-state index is 5.91. The minimum absolute atomic E-state index is 0.749. The van der Waals surface area contributed by atoms with E-state index in [1.165, 1.54) is 36.6 Å². The average molecular weight is 283 g/mol. The van der Waals surface area contributed by atoms with Gasteiger partial charge in [-0.1, -0.05) is 36.8 Å². The first-order chi connectivity index (χ1) is 10.3. The van der Waals surface area contributed by atoms with Crippen LogP contribution in [0, 0.1) is 0 Å². The molecule has 0 radical (unpaired) electrons. The molecule has 3 rings (SSSR count). The van der Waals surface area contributed by atoms with Gasteiger partial charge in [-0.05, 0) is 55.6 Å². The lowest BCUT2D eigenvalue weighted by Gasteiger charge is -2.33. The summed E-state index contributed by atoms with van der Waals surface area (Å²) in [6, 6.07) is 15.5. The molecule has 1 aliphatic rings. The molecule has 2 heteroatoms. The first-order valence-corrected chi connectivity index (χ1v) is 8.18. The number of ether oxygens (including phenoxy) is 1. The number of hydrogen-bond acceptors (Lipinski definition) is 2. The molecular formula is C19H25NO. The Kier molecular flexibility index (Phi) is 4.76. The predicted octanol–water partition coefficient (Wildman–Crippen LogP) is 4.48. The van der Waals surface area contributed by atoms with Gasteiger partial charge in [-0.25, -0.2) is 0 Å². The fourth-order valence-corrected chi connectivity index (χ4v) is 3.20. The summed E-state index contributed by atoms with van der Waals surface area (Å²) in [6.07, 6.45) is 5.21. The van der Waals surface area contributed by atoms with Gasteiger partial charge in [0.2, 0.25) is 0 Å². The topological polar surface area (TPSA) is 12.5 Å². The fraction of sp³-hybridized carbons (Fsp3) is 0.474. The molecule has 112 valence electrons. The summed E-state index contributed by atoms with van der Waals surface area (Å²) in [5.41, 5.74) is 0. The molecule has 0 bridgehead atoms. The van der Waals surface area contributed by atoms with Crippen LogP contribution in [0.3, 0.4) is 0 Å². The fourth-order valence-electron chi connectivity index (χ4n) is 3.20. The van der Waals surface area contributed by atoms with Gasteiger partial charge in [-0.2, -0.15) is 0 Å². The largest absolute Gasteiger partial charge is 0.494 e. The second-order valence-electron chi connectivity index (χ2n) is 6.09. The van der Waals surface area contributed by atoms with Gasteiger partial charge in [0.05, 0.1) is 6.61 Å². The third kappa shape index (κ3) is 3.76. The van der Waals surface area contributed by atoms with Crippen molar-refractivity contribution in [3.63, 3.8) is 0 Å². The number of rotatable bonds is 5. The summed E-state index contributed by atoms with van der Waals surface area (Å²) in [6.45, 7) is 5.58. The Morgan fingerprint density at radius 2 is 1.95 bits per heavy atom. The van der Waals surface area contributed by atoms with E-state index in [1.54, 1.807) is 0 Å². The van der Waals surface area contributed by atoms with E-state index in [-0.39, 0.29) is 0 Å². The van der Waals surface area contributed by atoms with E-state index >= 15 is 0 Å². The summed E-state index contributed by atoms with van der Waals surface area (Å²) in [4.78, 5) is 2.60. The molecule has 0 N–H and O–H groups in total. The van der Waals surface area contributed by atoms with Crippen LogP contribution in [0.2, 0.25) is 0 Å². The van der Waals surface area contributed by atoms with Crippen LogP contribution in [-0.4, -0.2) is 30.6 Å². The summed E-state index contributed by atoms with van der Waals surface area (Å²) < 4.78 is 5.91. The van der Waals surface area contributed by atoms with Crippen molar-refractivity contribution in [2.24, 2.45) is 0 Å². The van der Waals surface area contributed by atoms with Gasteiger partial charge in [-0.3, -0.25) is 0 Å². The minimum Gasteiger partial charge on any atom is -0.494 e. The summed E-state index contributed by atoms with van der Waals surface area (Å²) in [5.74, 6) is 0.986. The number of nitrogens with zero attached hydrogens (tertiary/aromatic N) is 1. The van der Waals surface area contributed by atoms with Gasteiger partial charge >= 0.3 is 0 Å². The zero-order valence-electron chi connectivity index (χ0n) is 12.9. The molecule has 1 aliphatic heterocycles. The van der Waals surface area contributed by atoms with Gasteiger partial charge < -0.3 is 9.64 Å². The summed E-state index contributed by atoms with van der Waals surface area (Å²) in [5, 5.41) is 2.52. The van der Waals surface area contributed by atoms with E-state index in [9.17, 15) is 0 Å². The summed E-state index contributed by atoms with van der Waals surface area (Å²) >= 11 is 0. The summed E-state index contributed by atoms with van der Waals surface area (Å²) in [7, 11) is 0. The maximum Gasteiger partial charge on any atom is 0.119 e. The molecule has 1 fully saturated rings. The van der Waals surface area contributed by atoms with Crippen molar-refractivity contribution in [1.82, 2.24) is 4.90 Å². The van der Waals surface area contributed by atoms with Gasteiger partial charge in [0.15, 0.2) is 0 Å². The number of hydrogen-bond donors (Lipinski definition) is 0. The minimum atomic E-state index is 0.749. The normalized spacial score (nSPS) is 19.8. The van der Waals surface area contributed by atoms with Crippen molar-refractivity contribution in [3.05, 3.63) is 42.5 Å². The Morgan fingerprint density at radius 3 is 2.81 bits per heavy atom. The smallest absolute Gasteiger partial charge is 0.119 e. The third-order valence-electron chi connectivity index (χ3n) is 4.52. The zero-order valence-corrected chi connectivity index (χ0v) is 12.9. The van der Waals surface area contributed by atoms with Crippen LogP contribution in [0.15, 0.2) is 42.5 Å². The monoisotopic (exact) mass is 283 g/mol. The number of piperidine rings is 1. The van der Waals surface area contributed by atoms with Crippen LogP contribution in [0.1, 0.15) is 32.6 Å². The molecule has 21 heavy (non-hydrogen) atoms. The Balaban J connectivity index is 1.48. The van der Waals surface area contributed by atoms with E-state index in [1.807, 2.05) is 0 Å². The molecule has 1 saturated heterocycles. The van der Waals surface area contributed by atoms with Crippen molar-refractivity contribution in [1.29, 1.82) is 0 Å². The Morgan fingerprint density at radius 1 is 1.10 bits per heavy atom. The predicted molar refractivity (Wildman–Crippen MR) is 88.9 cm³/mol. The van der Waals surface area contributed by atoms with E-state index in [0.29, 0.717) is 0 Å². The molecule has 1 heterocycles. The van der Waals surface area contributed by atoms with Crippen LogP contribution in [0.4, 0.5) is 0 Å².